The van der Waals surface area contributed by atoms with Crippen molar-refractivity contribution in [3.63, 3.8) is 0 Å². The zero-order chi connectivity index (χ0) is 13.8. The van der Waals surface area contributed by atoms with Gasteiger partial charge in [-0.1, -0.05) is 13.8 Å². The molecular formula is C14H32N2O2. The highest BCUT2D eigenvalue weighted by Gasteiger charge is 2.12. The lowest BCUT2D eigenvalue weighted by Gasteiger charge is -2.28. The minimum atomic E-state index is 0.454. The molecule has 4 heteroatoms. The molecule has 0 aliphatic heterocycles. The van der Waals surface area contributed by atoms with Gasteiger partial charge in [0, 0.05) is 26.8 Å². The fourth-order valence-corrected chi connectivity index (χ4v) is 1.91. The van der Waals surface area contributed by atoms with Crippen molar-refractivity contribution in [2.24, 2.45) is 5.92 Å². The molecule has 0 heterocycles. The summed E-state index contributed by atoms with van der Waals surface area (Å²) in [5, 5.41) is 3.48. The highest BCUT2D eigenvalue weighted by atomic mass is 16.5. The minimum absolute atomic E-state index is 0.454. The maximum atomic E-state index is 5.23. The zero-order valence-corrected chi connectivity index (χ0v) is 12.9. The monoisotopic (exact) mass is 260 g/mol. The van der Waals surface area contributed by atoms with Crippen molar-refractivity contribution < 1.29 is 9.47 Å². The van der Waals surface area contributed by atoms with Gasteiger partial charge in [0.15, 0.2) is 0 Å². The van der Waals surface area contributed by atoms with Crippen molar-refractivity contribution >= 4 is 0 Å². The second kappa shape index (κ2) is 11.9. The van der Waals surface area contributed by atoms with E-state index in [1.165, 1.54) is 6.42 Å². The minimum Gasteiger partial charge on any atom is -0.383 e. The Morgan fingerprint density at radius 1 is 1.06 bits per heavy atom. The molecule has 0 aliphatic rings. The number of rotatable bonds is 12. The van der Waals surface area contributed by atoms with Gasteiger partial charge in [0.25, 0.3) is 0 Å². The van der Waals surface area contributed by atoms with Gasteiger partial charge in [-0.25, -0.2) is 0 Å². The molecule has 0 saturated carbocycles. The third kappa shape index (κ3) is 9.83. The van der Waals surface area contributed by atoms with Gasteiger partial charge in [0.2, 0.25) is 0 Å². The lowest BCUT2D eigenvalue weighted by atomic mass is 10.2. The summed E-state index contributed by atoms with van der Waals surface area (Å²) >= 11 is 0. The smallest absolute Gasteiger partial charge is 0.0615 e. The summed E-state index contributed by atoms with van der Waals surface area (Å²) in [5.41, 5.74) is 0. The Morgan fingerprint density at radius 2 is 1.78 bits per heavy atom. The molecule has 0 aromatic carbocycles. The highest BCUT2D eigenvalue weighted by Crippen LogP contribution is 2.01. The van der Waals surface area contributed by atoms with Crippen LogP contribution < -0.4 is 5.32 Å². The SMILES string of the molecule is COCCN(CCCNCC(C)C)C(C)COC. The van der Waals surface area contributed by atoms with Crippen LogP contribution in [0.4, 0.5) is 0 Å². The van der Waals surface area contributed by atoms with Gasteiger partial charge in [-0.3, -0.25) is 4.90 Å². The molecule has 0 aromatic heterocycles. The molecule has 0 fully saturated rings. The van der Waals surface area contributed by atoms with E-state index in [0.717, 1.165) is 45.3 Å². The Kier molecular flexibility index (Phi) is 11.8. The van der Waals surface area contributed by atoms with Crippen LogP contribution in [0.2, 0.25) is 0 Å². The van der Waals surface area contributed by atoms with E-state index in [-0.39, 0.29) is 0 Å². The Bertz CT molecular complexity index is 177. The summed E-state index contributed by atoms with van der Waals surface area (Å²) in [6.07, 6.45) is 1.17. The fraction of sp³-hybridized carbons (Fsp3) is 1.00. The number of methoxy groups -OCH3 is 2. The molecule has 0 amide bonds. The molecule has 4 nitrogen and oxygen atoms in total. The van der Waals surface area contributed by atoms with Crippen molar-refractivity contribution in [1.29, 1.82) is 0 Å². The van der Waals surface area contributed by atoms with Crippen LogP contribution in [0, 0.1) is 5.92 Å². The first-order valence-electron chi connectivity index (χ1n) is 7.04. The summed E-state index contributed by atoms with van der Waals surface area (Å²) in [5.74, 6) is 0.724. The van der Waals surface area contributed by atoms with Crippen LogP contribution in [-0.4, -0.2) is 64.6 Å². The Hall–Kier alpha value is -0.160. The van der Waals surface area contributed by atoms with Gasteiger partial charge in [0.1, 0.15) is 0 Å². The summed E-state index contributed by atoms with van der Waals surface area (Å²) in [4.78, 5) is 2.43. The predicted molar refractivity (Wildman–Crippen MR) is 77.1 cm³/mol. The van der Waals surface area contributed by atoms with E-state index in [0.29, 0.717) is 6.04 Å². The summed E-state index contributed by atoms with van der Waals surface area (Å²) in [6.45, 7) is 12.5. The van der Waals surface area contributed by atoms with Crippen molar-refractivity contribution in [2.45, 2.75) is 33.2 Å². The van der Waals surface area contributed by atoms with Crippen LogP contribution in [0.3, 0.4) is 0 Å². The number of hydrogen-bond donors (Lipinski definition) is 1. The van der Waals surface area contributed by atoms with Gasteiger partial charge in [-0.2, -0.15) is 0 Å². The maximum absolute atomic E-state index is 5.23. The van der Waals surface area contributed by atoms with Crippen molar-refractivity contribution in [3.8, 4) is 0 Å². The Balaban J connectivity index is 3.78. The lowest BCUT2D eigenvalue weighted by Crippen LogP contribution is -2.40. The predicted octanol–water partition coefficient (Wildman–Crippen LogP) is 1.61. The molecule has 0 bridgehead atoms. The molecule has 0 aliphatic carbocycles. The fourth-order valence-electron chi connectivity index (χ4n) is 1.91. The molecule has 110 valence electrons. The van der Waals surface area contributed by atoms with Gasteiger partial charge >= 0.3 is 0 Å². The standard InChI is InChI=1S/C14H32N2O2/c1-13(2)11-15-7-6-8-16(9-10-17-4)14(3)12-18-5/h13-15H,6-12H2,1-5H3. The second-order valence-corrected chi connectivity index (χ2v) is 5.28. The number of nitrogens with one attached hydrogen (secondary N) is 1. The van der Waals surface area contributed by atoms with E-state index in [9.17, 15) is 0 Å². The van der Waals surface area contributed by atoms with E-state index in [4.69, 9.17) is 9.47 Å². The third-order valence-electron chi connectivity index (χ3n) is 2.97. The van der Waals surface area contributed by atoms with Gasteiger partial charge < -0.3 is 14.8 Å². The maximum Gasteiger partial charge on any atom is 0.0615 e. The topological polar surface area (TPSA) is 33.7 Å². The summed E-state index contributed by atoms with van der Waals surface area (Å²) in [6, 6.07) is 0.454. The number of hydrogen-bond acceptors (Lipinski definition) is 4. The quantitative estimate of drug-likeness (QED) is 0.541. The third-order valence-corrected chi connectivity index (χ3v) is 2.97. The molecule has 0 aromatic rings. The van der Waals surface area contributed by atoms with Gasteiger partial charge in [-0.15, -0.1) is 0 Å². The van der Waals surface area contributed by atoms with Crippen LogP contribution >= 0.6 is 0 Å². The first-order valence-corrected chi connectivity index (χ1v) is 7.04. The van der Waals surface area contributed by atoms with E-state index in [1.807, 2.05) is 0 Å². The second-order valence-electron chi connectivity index (χ2n) is 5.28. The summed E-state index contributed by atoms with van der Waals surface area (Å²) < 4.78 is 10.4. The average Bonchev–Trinajstić information content (AvgIpc) is 2.32. The molecule has 0 spiro atoms. The molecule has 0 radical (unpaired) electrons. The van der Waals surface area contributed by atoms with E-state index in [2.05, 4.69) is 31.0 Å². The molecular weight excluding hydrogens is 228 g/mol. The van der Waals surface area contributed by atoms with E-state index < -0.39 is 0 Å². The largest absolute Gasteiger partial charge is 0.383 e. The van der Waals surface area contributed by atoms with Crippen LogP contribution in [0.5, 0.6) is 0 Å². The van der Waals surface area contributed by atoms with Gasteiger partial charge in [0.05, 0.1) is 13.2 Å². The zero-order valence-electron chi connectivity index (χ0n) is 12.9. The molecule has 0 saturated heterocycles. The van der Waals surface area contributed by atoms with Crippen molar-refractivity contribution in [2.75, 3.05) is 53.6 Å². The van der Waals surface area contributed by atoms with E-state index >= 15 is 0 Å². The van der Waals surface area contributed by atoms with Crippen molar-refractivity contribution in [1.82, 2.24) is 10.2 Å². The molecule has 1 atom stereocenters. The molecule has 18 heavy (non-hydrogen) atoms. The van der Waals surface area contributed by atoms with Crippen LogP contribution in [0.15, 0.2) is 0 Å². The van der Waals surface area contributed by atoms with Crippen molar-refractivity contribution in [3.05, 3.63) is 0 Å². The lowest BCUT2D eigenvalue weighted by molar-refractivity contribution is 0.0744. The van der Waals surface area contributed by atoms with Gasteiger partial charge in [-0.05, 0) is 38.9 Å². The molecule has 1 unspecified atom stereocenters. The first kappa shape index (κ1) is 17.8. The van der Waals surface area contributed by atoms with Crippen LogP contribution in [-0.2, 0) is 9.47 Å². The van der Waals surface area contributed by atoms with Crippen LogP contribution in [0.25, 0.3) is 0 Å². The first-order chi connectivity index (χ1) is 8.61. The van der Waals surface area contributed by atoms with Crippen LogP contribution in [0.1, 0.15) is 27.2 Å². The normalized spacial score (nSPS) is 13.5. The summed E-state index contributed by atoms with van der Waals surface area (Å²) in [7, 11) is 3.51. The number of nitrogens with zero attached hydrogens (tertiary/aromatic N) is 1. The Morgan fingerprint density at radius 3 is 2.33 bits per heavy atom. The average molecular weight is 260 g/mol. The Labute approximate surface area is 113 Å². The molecule has 0 rings (SSSR count). The highest BCUT2D eigenvalue weighted by molar-refractivity contribution is 4.67. The number of ether oxygens (including phenoxy) is 2. The molecule has 1 N–H and O–H groups in total. The van der Waals surface area contributed by atoms with E-state index in [1.54, 1.807) is 14.2 Å².